The molecule has 0 N–H and O–H groups in total. The van der Waals surface area contributed by atoms with Crippen LogP contribution < -0.4 is 0 Å². The second kappa shape index (κ2) is 1.70. The number of hydrogen-bond acceptors (Lipinski definition) is 0. The van der Waals surface area contributed by atoms with Gasteiger partial charge in [-0.15, -0.1) is 0 Å². The van der Waals surface area contributed by atoms with Gasteiger partial charge in [-0.1, -0.05) is 0 Å². The zero-order valence-corrected chi connectivity index (χ0v) is 5.03. The summed E-state index contributed by atoms with van der Waals surface area (Å²) in [4.78, 5) is 0. The second-order valence-corrected chi connectivity index (χ2v) is 2.35. The van der Waals surface area contributed by atoms with Gasteiger partial charge in [0.1, 0.15) is 0 Å². The van der Waals surface area contributed by atoms with Crippen LogP contribution in [0.4, 0.5) is 0 Å². The summed E-state index contributed by atoms with van der Waals surface area (Å²) in [5.41, 5.74) is 0. The van der Waals surface area contributed by atoms with Crippen molar-refractivity contribution in [2.75, 3.05) is 0 Å². The SMILES string of the molecule is [H-].[H-].[Ru][C]1=CC=CC1. The molecule has 0 atom stereocenters. The molecule has 0 saturated heterocycles. The molecule has 0 unspecified atom stereocenters. The molecular formula is C5H7Ru-2. The molecule has 1 rings (SSSR count). The molecule has 0 radical (unpaired) electrons. The van der Waals surface area contributed by atoms with Gasteiger partial charge in [0, 0.05) is 0 Å². The maximum absolute atomic E-state index is 2.59. The van der Waals surface area contributed by atoms with Crippen LogP contribution >= 0.6 is 0 Å². The number of hydrogen-bond donors (Lipinski definition) is 0. The van der Waals surface area contributed by atoms with Gasteiger partial charge < -0.3 is 2.85 Å². The molecule has 0 nitrogen and oxygen atoms in total. The van der Waals surface area contributed by atoms with E-state index >= 15 is 0 Å². The first-order valence-electron chi connectivity index (χ1n) is 1.89. The van der Waals surface area contributed by atoms with Crippen LogP contribution in [-0.2, 0) is 18.3 Å². The Morgan fingerprint density at radius 2 is 2.67 bits per heavy atom. The molecule has 6 heavy (non-hydrogen) atoms. The third-order valence-electron chi connectivity index (χ3n) is 0.717. The van der Waals surface area contributed by atoms with Crippen LogP contribution in [0.25, 0.3) is 0 Å². The minimum absolute atomic E-state index is 0. The Morgan fingerprint density at radius 3 is 2.83 bits per heavy atom. The molecule has 0 heterocycles. The van der Waals surface area contributed by atoms with E-state index in [4.69, 9.17) is 0 Å². The van der Waals surface area contributed by atoms with E-state index in [9.17, 15) is 0 Å². The summed E-state index contributed by atoms with van der Waals surface area (Å²) in [7, 11) is 0. The standard InChI is InChI=1S/C5H5.Ru.2H/c1-2-4-5-3-1;;;/h1-3H,4H2;;;/q;;2*-1. The van der Waals surface area contributed by atoms with Crippen molar-refractivity contribution in [2.24, 2.45) is 0 Å². The van der Waals surface area contributed by atoms with Crippen LogP contribution in [0, 0.1) is 0 Å². The Bertz CT molecular complexity index is 107. The minimum atomic E-state index is 0. The van der Waals surface area contributed by atoms with Crippen molar-refractivity contribution < 1.29 is 21.2 Å². The van der Waals surface area contributed by atoms with Crippen molar-refractivity contribution in [3.8, 4) is 0 Å². The molecular weight excluding hydrogens is 161 g/mol. The van der Waals surface area contributed by atoms with E-state index in [0.29, 0.717) is 0 Å². The monoisotopic (exact) mass is 169 g/mol. The molecule has 37 valence electrons. The fourth-order valence-electron chi connectivity index (χ4n) is 0.416. The van der Waals surface area contributed by atoms with Crippen molar-refractivity contribution in [3.05, 3.63) is 22.4 Å². The Hall–Kier alpha value is 0.103. The zero-order valence-electron chi connectivity index (χ0n) is 5.29. The van der Waals surface area contributed by atoms with Gasteiger partial charge in [-0.25, -0.2) is 0 Å². The van der Waals surface area contributed by atoms with E-state index in [0.717, 1.165) is 6.42 Å². The van der Waals surface area contributed by atoms with Crippen molar-refractivity contribution in [1.29, 1.82) is 0 Å². The predicted octanol–water partition coefficient (Wildman–Crippen LogP) is 1.60. The molecule has 0 fully saturated rings. The Kier molecular flexibility index (Phi) is 1.21. The van der Waals surface area contributed by atoms with Crippen LogP contribution in [-0.4, -0.2) is 0 Å². The molecule has 1 aliphatic carbocycles. The molecule has 1 heteroatoms. The maximum atomic E-state index is 2.59. The Balaban J connectivity index is 0. The first-order chi connectivity index (χ1) is 2.89. The molecule has 0 aromatic heterocycles. The van der Waals surface area contributed by atoms with Crippen LogP contribution in [0.1, 0.15) is 9.27 Å². The third-order valence-corrected chi connectivity index (χ3v) is 1.36. The fraction of sp³-hybridized carbons (Fsp3) is 0.200. The summed E-state index contributed by atoms with van der Waals surface area (Å²) in [6.45, 7) is 0. The fourth-order valence-corrected chi connectivity index (χ4v) is 0.788. The summed E-state index contributed by atoms with van der Waals surface area (Å²) in [6, 6.07) is 0. The molecule has 0 aliphatic heterocycles. The van der Waals surface area contributed by atoms with Crippen LogP contribution in [0.15, 0.2) is 22.4 Å². The predicted molar refractivity (Wildman–Crippen MR) is 24.1 cm³/mol. The number of allylic oxidation sites excluding steroid dienone is 4. The first kappa shape index (κ1) is 4.27. The Labute approximate surface area is 50.6 Å². The van der Waals surface area contributed by atoms with Gasteiger partial charge in [0.2, 0.25) is 0 Å². The molecule has 0 spiro atoms. The third kappa shape index (κ3) is 0.783. The van der Waals surface area contributed by atoms with Crippen LogP contribution in [0.5, 0.6) is 0 Å². The van der Waals surface area contributed by atoms with E-state index < -0.39 is 0 Å². The van der Waals surface area contributed by atoms with E-state index in [1.807, 2.05) is 0 Å². The molecule has 0 saturated carbocycles. The summed E-state index contributed by atoms with van der Waals surface area (Å²) in [6.07, 6.45) is 7.46. The number of rotatable bonds is 0. The van der Waals surface area contributed by atoms with Crippen molar-refractivity contribution in [3.63, 3.8) is 0 Å². The van der Waals surface area contributed by atoms with Crippen molar-refractivity contribution in [2.45, 2.75) is 6.42 Å². The quantitative estimate of drug-likeness (QED) is 0.482. The molecule has 1 aliphatic rings. The van der Waals surface area contributed by atoms with Gasteiger partial charge in [0.15, 0.2) is 0 Å². The van der Waals surface area contributed by atoms with Crippen LogP contribution in [0.2, 0.25) is 0 Å². The van der Waals surface area contributed by atoms with Gasteiger partial charge in [0.25, 0.3) is 0 Å². The summed E-state index contributed by atoms with van der Waals surface area (Å²) >= 11 is 2.59. The second-order valence-electron chi connectivity index (χ2n) is 1.23. The summed E-state index contributed by atoms with van der Waals surface area (Å²) < 4.78 is 1.40. The van der Waals surface area contributed by atoms with Crippen molar-refractivity contribution in [1.82, 2.24) is 0 Å². The topological polar surface area (TPSA) is 0 Å². The molecule has 0 aromatic rings. The zero-order chi connectivity index (χ0) is 4.41. The first-order valence-corrected chi connectivity index (χ1v) is 2.76. The van der Waals surface area contributed by atoms with Crippen molar-refractivity contribution >= 4 is 0 Å². The molecule has 0 amide bonds. The average molecular weight is 168 g/mol. The molecule has 0 bridgehead atoms. The van der Waals surface area contributed by atoms with E-state index in [1.165, 1.54) is 4.17 Å². The van der Waals surface area contributed by atoms with E-state index in [-0.39, 0.29) is 2.85 Å². The normalized spacial score (nSPS) is 18.5. The van der Waals surface area contributed by atoms with E-state index in [2.05, 4.69) is 36.5 Å². The average Bonchev–Trinajstić information content (AvgIpc) is 1.86. The van der Waals surface area contributed by atoms with Crippen LogP contribution in [0.3, 0.4) is 0 Å². The summed E-state index contributed by atoms with van der Waals surface area (Å²) in [5, 5.41) is 0. The van der Waals surface area contributed by atoms with Gasteiger partial charge in [0.05, 0.1) is 0 Å². The van der Waals surface area contributed by atoms with Gasteiger partial charge in [-0.05, 0) is 0 Å². The molecule has 0 aromatic carbocycles. The van der Waals surface area contributed by atoms with E-state index in [1.54, 1.807) is 0 Å². The van der Waals surface area contributed by atoms with Gasteiger partial charge in [-0.2, -0.15) is 0 Å². The summed E-state index contributed by atoms with van der Waals surface area (Å²) in [5.74, 6) is 0. The van der Waals surface area contributed by atoms with Gasteiger partial charge in [-0.3, -0.25) is 0 Å². The van der Waals surface area contributed by atoms with Gasteiger partial charge >= 0.3 is 47.1 Å². The Morgan fingerprint density at radius 1 is 1.83 bits per heavy atom.